The van der Waals surface area contributed by atoms with Crippen LogP contribution in [0.2, 0.25) is 4.34 Å². The molecule has 1 unspecified atom stereocenters. The Balaban J connectivity index is 1.32. The molecule has 0 radical (unpaired) electrons. The Morgan fingerprint density at radius 3 is 2.62 bits per heavy atom. The molecule has 1 amide bonds. The highest BCUT2D eigenvalue weighted by Crippen LogP contribution is 2.32. The number of hydroxylamine groups is 1. The second-order valence-corrected chi connectivity index (χ2v) is 10.7. The minimum Gasteiger partial charge on any atom is -0.371 e. The SMILES string of the molecule is N=C(c1ccc(C2=CC(CNC(=O)c3ccc(Cl)s3)ON2)c(N2CCCC2)c1)N1CCCCC1. The van der Waals surface area contributed by atoms with Crippen molar-refractivity contribution in [2.24, 2.45) is 0 Å². The molecule has 0 aliphatic carbocycles. The van der Waals surface area contributed by atoms with E-state index in [9.17, 15) is 4.79 Å². The first-order valence-corrected chi connectivity index (χ1v) is 13.2. The molecule has 1 atom stereocenters. The number of likely N-dealkylation sites (tertiary alicyclic amines) is 1. The normalized spacial score (nSPS) is 20.3. The summed E-state index contributed by atoms with van der Waals surface area (Å²) in [5.74, 6) is 0.464. The number of hydrogen-bond acceptors (Lipinski definition) is 6. The minimum atomic E-state index is -0.271. The maximum absolute atomic E-state index is 12.3. The second kappa shape index (κ2) is 10.4. The third-order valence-corrected chi connectivity index (χ3v) is 7.84. The second-order valence-electron chi connectivity index (χ2n) is 8.97. The summed E-state index contributed by atoms with van der Waals surface area (Å²) in [4.78, 5) is 23.3. The molecule has 0 bridgehead atoms. The third-order valence-electron chi connectivity index (χ3n) is 6.61. The Labute approximate surface area is 209 Å². The Kier molecular flexibility index (Phi) is 7.08. The van der Waals surface area contributed by atoms with Crippen LogP contribution in [0.5, 0.6) is 0 Å². The average Bonchev–Trinajstić information content (AvgIpc) is 3.64. The van der Waals surface area contributed by atoms with E-state index in [-0.39, 0.29) is 12.0 Å². The van der Waals surface area contributed by atoms with Gasteiger partial charge >= 0.3 is 0 Å². The predicted molar refractivity (Wildman–Crippen MR) is 138 cm³/mol. The fourth-order valence-corrected chi connectivity index (χ4v) is 5.74. The van der Waals surface area contributed by atoms with Gasteiger partial charge in [0.2, 0.25) is 0 Å². The van der Waals surface area contributed by atoms with Crippen molar-refractivity contribution >= 4 is 46.1 Å². The van der Waals surface area contributed by atoms with Crippen molar-refractivity contribution in [2.45, 2.75) is 38.2 Å². The van der Waals surface area contributed by atoms with Gasteiger partial charge in [0, 0.05) is 43.0 Å². The van der Waals surface area contributed by atoms with Crippen LogP contribution >= 0.6 is 22.9 Å². The van der Waals surface area contributed by atoms with Crippen LogP contribution in [0.4, 0.5) is 5.69 Å². The highest BCUT2D eigenvalue weighted by Gasteiger charge is 2.25. The number of thiophene rings is 1. The summed E-state index contributed by atoms with van der Waals surface area (Å²) < 4.78 is 0.595. The van der Waals surface area contributed by atoms with Crippen molar-refractivity contribution in [1.29, 1.82) is 5.41 Å². The number of benzene rings is 1. The quantitative estimate of drug-likeness (QED) is 0.403. The molecular weight excluding hydrogens is 470 g/mol. The van der Waals surface area contributed by atoms with E-state index < -0.39 is 0 Å². The monoisotopic (exact) mass is 499 g/mol. The van der Waals surface area contributed by atoms with Crippen molar-refractivity contribution in [3.8, 4) is 0 Å². The Morgan fingerprint density at radius 2 is 1.88 bits per heavy atom. The first-order valence-electron chi connectivity index (χ1n) is 12.0. The van der Waals surface area contributed by atoms with Crippen molar-refractivity contribution in [1.82, 2.24) is 15.7 Å². The van der Waals surface area contributed by atoms with Gasteiger partial charge in [-0.3, -0.25) is 20.5 Å². The highest BCUT2D eigenvalue weighted by atomic mass is 35.5. The predicted octanol–water partition coefficient (Wildman–Crippen LogP) is 4.49. The standard InChI is InChI=1S/C25H30ClN5O2S/c26-23-9-8-22(34-23)25(32)28-16-18-15-20(29-33-18)19-7-6-17(14-21(19)30-10-4-5-11-30)24(27)31-12-2-1-3-13-31/h6-9,14-15,18,27,29H,1-5,10-13,16H2,(H,28,32). The number of nitrogens with one attached hydrogen (secondary N) is 3. The fourth-order valence-electron chi connectivity index (χ4n) is 4.78. The van der Waals surface area contributed by atoms with Gasteiger partial charge in [-0.1, -0.05) is 23.7 Å². The number of nitrogens with zero attached hydrogens (tertiary/aromatic N) is 2. The molecule has 34 heavy (non-hydrogen) atoms. The average molecular weight is 500 g/mol. The first-order chi connectivity index (χ1) is 16.6. The Hall–Kier alpha value is -2.55. The fraction of sp³-hybridized carbons (Fsp3) is 0.440. The zero-order valence-corrected chi connectivity index (χ0v) is 20.7. The highest BCUT2D eigenvalue weighted by molar-refractivity contribution is 7.18. The van der Waals surface area contributed by atoms with E-state index in [0.29, 0.717) is 21.6 Å². The molecule has 2 fully saturated rings. The lowest BCUT2D eigenvalue weighted by Gasteiger charge is -2.30. The smallest absolute Gasteiger partial charge is 0.261 e. The number of carbonyl (C=O) groups excluding carboxylic acids is 1. The van der Waals surface area contributed by atoms with Crippen molar-refractivity contribution in [2.75, 3.05) is 37.6 Å². The number of piperidine rings is 1. The summed E-state index contributed by atoms with van der Waals surface area (Å²) in [6.07, 6.45) is 7.68. The van der Waals surface area contributed by atoms with Gasteiger partial charge in [-0.2, -0.15) is 0 Å². The summed E-state index contributed by atoms with van der Waals surface area (Å²) in [7, 11) is 0. The molecule has 1 aromatic heterocycles. The number of amidine groups is 1. The Morgan fingerprint density at radius 1 is 1.12 bits per heavy atom. The largest absolute Gasteiger partial charge is 0.371 e. The van der Waals surface area contributed by atoms with E-state index >= 15 is 0 Å². The molecule has 3 N–H and O–H groups in total. The number of anilines is 1. The molecule has 2 saturated heterocycles. The van der Waals surface area contributed by atoms with Crippen LogP contribution in [0.15, 0.2) is 36.4 Å². The summed E-state index contributed by atoms with van der Waals surface area (Å²) in [5.41, 5.74) is 7.13. The minimum absolute atomic E-state index is 0.152. The zero-order valence-electron chi connectivity index (χ0n) is 19.1. The van der Waals surface area contributed by atoms with Gasteiger partial charge < -0.3 is 15.1 Å². The van der Waals surface area contributed by atoms with Gasteiger partial charge in [0.1, 0.15) is 11.9 Å². The molecule has 2 aromatic rings. The van der Waals surface area contributed by atoms with Crippen molar-refractivity contribution in [3.63, 3.8) is 0 Å². The topological polar surface area (TPSA) is 80.7 Å². The summed E-state index contributed by atoms with van der Waals surface area (Å²) in [6.45, 7) is 4.33. The number of rotatable bonds is 6. The first kappa shape index (κ1) is 23.2. The Bertz CT molecular complexity index is 1090. The summed E-state index contributed by atoms with van der Waals surface area (Å²) >= 11 is 7.20. The summed E-state index contributed by atoms with van der Waals surface area (Å²) in [6, 6.07) is 9.75. The van der Waals surface area contributed by atoms with E-state index in [1.807, 2.05) is 12.1 Å². The number of amides is 1. The van der Waals surface area contributed by atoms with E-state index in [1.165, 1.54) is 30.6 Å². The lowest BCUT2D eigenvalue weighted by molar-refractivity contribution is 0.0499. The molecule has 180 valence electrons. The van der Waals surface area contributed by atoms with Crippen LogP contribution in [0.3, 0.4) is 0 Å². The number of carbonyl (C=O) groups is 1. The zero-order chi connectivity index (χ0) is 23.5. The molecule has 0 saturated carbocycles. The molecular formula is C25H30ClN5O2S. The van der Waals surface area contributed by atoms with Crippen LogP contribution in [0, 0.1) is 5.41 Å². The molecule has 1 aromatic carbocycles. The van der Waals surface area contributed by atoms with Gasteiger partial charge in [-0.15, -0.1) is 11.3 Å². The van der Waals surface area contributed by atoms with E-state index in [1.54, 1.807) is 12.1 Å². The van der Waals surface area contributed by atoms with Crippen LogP contribution in [-0.2, 0) is 4.84 Å². The van der Waals surface area contributed by atoms with Gasteiger partial charge in [-0.25, -0.2) is 0 Å². The molecule has 0 spiro atoms. The van der Waals surface area contributed by atoms with Crippen LogP contribution in [-0.4, -0.2) is 55.5 Å². The molecule has 3 aliphatic rings. The number of hydrogen-bond donors (Lipinski definition) is 3. The van der Waals surface area contributed by atoms with E-state index in [0.717, 1.165) is 61.5 Å². The third kappa shape index (κ3) is 5.09. The molecule has 7 nitrogen and oxygen atoms in total. The van der Waals surface area contributed by atoms with Gasteiger partial charge in [0.15, 0.2) is 0 Å². The van der Waals surface area contributed by atoms with Gasteiger partial charge in [0.25, 0.3) is 5.91 Å². The number of halogens is 1. The maximum Gasteiger partial charge on any atom is 0.261 e. The summed E-state index contributed by atoms with van der Waals surface area (Å²) in [5, 5.41) is 11.7. The van der Waals surface area contributed by atoms with E-state index in [2.05, 4.69) is 32.7 Å². The van der Waals surface area contributed by atoms with Gasteiger partial charge in [0.05, 0.1) is 21.5 Å². The van der Waals surface area contributed by atoms with Crippen LogP contribution in [0.25, 0.3) is 5.70 Å². The van der Waals surface area contributed by atoms with Crippen molar-refractivity contribution < 1.29 is 9.63 Å². The molecule has 5 rings (SSSR count). The lowest BCUT2D eigenvalue weighted by atomic mass is 10.0. The van der Waals surface area contributed by atoms with Crippen LogP contribution in [0.1, 0.15) is 52.9 Å². The van der Waals surface area contributed by atoms with Crippen molar-refractivity contribution in [3.05, 3.63) is 56.7 Å². The molecule has 3 aliphatic heterocycles. The molecule has 9 heteroatoms. The van der Waals surface area contributed by atoms with E-state index in [4.69, 9.17) is 21.8 Å². The molecule has 4 heterocycles. The van der Waals surface area contributed by atoms with Gasteiger partial charge in [-0.05, 0) is 56.4 Å². The lowest BCUT2D eigenvalue weighted by Crippen LogP contribution is -2.35. The van der Waals surface area contributed by atoms with Crippen LogP contribution < -0.4 is 15.7 Å². The maximum atomic E-state index is 12.3.